The number of rotatable bonds is 4. The van der Waals surface area contributed by atoms with Gasteiger partial charge >= 0.3 is 0 Å². The maximum absolute atomic E-state index is 11.9. The molecule has 100 valence electrons. The lowest BCUT2D eigenvalue weighted by atomic mass is 10.2. The Morgan fingerprint density at radius 3 is 3.00 bits per heavy atom. The molecule has 0 radical (unpaired) electrons. The molecule has 0 spiro atoms. The predicted molar refractivity (Wildman–Crippen MR) is 70.4 cm³/mol. The van der Waals surface area contributed by atoms with Gasteiger partial charge in [0.2, 0.25) is 5.91 Å². The van der Waals surface area contributed by atoms with Crippen molar-refractivity contribution >= 4 is 32.2 Å². The van der Waals surface area contributed by atoms with E-state index in [1.54, 1.807) is 13.2 Å². The molecule has 1 aliphatic heterocycles. The average molecular weight is 289 g/mol. The zero-order valence-electron chi connectivity index (χ0n) is 10.00. The van der Waals surface area contributed by atoms with Crippen LogP contribution in [0, 0.1) is 0 Å². The van der Waals surface area contributed by atoms with Crippen molar-refractivity contribution in [3.63, 3.8) is 0 Å². The lowest BCUT2D eigenvalue weighted by molar-refractivity contribution is -0.129. The highest BCUT2D eigenvalue weighted by molar-refractivity contribution is 7.91. The average Bonchev–Trinajstić information content (AvgIpc) is 2.94. The quantitative estimate of drug-likeness (QED) is 0.856. The van der Waals surface area contributed by atoms with Gasteiger partial charge in [0.1, 0.15) is 0 Å². The minimum absolute atomic E-state index is 0.0759. The van der Waals surface area contributed by atoms with Crippen LogP contribution in [-0.2, 0) is 14.6 Å². The van der Waals surface area contributed by atoms with Crippen LogP contribution in [0.4, 0.5) is 5.13 Å². The third-order valence-electron chi connectivity index (χ3n) is 2.97. The first-order valence-electron chi connectivity index (χ1n) is 5.57. The van der Waals surface area contributed by atoms with Crippen molar-refractivity contribution in [2.75, 3.05) is 30.4 Å². The molecule has 1 amide bonds. The van der Waals surface area contributed by atoms with E-state index >= 15 is 0 Å². The number of carbonyl (C=O) groups excluding carboxylic acids is 1. The van der Waals surface area contributed by atoms with Gasteiger partial charge in [-0.15, -0.1) is 11.3 Å². The van der Waals surface area contributed by atoms with Crippen LogP contribution in [-0.4, -0.2) is 55.3 Å². The van der Waals surface area contributed by atoms with E-state index in [1.807, 2.05) is 5.38 Å². The number of anilines is 1. The Labute approximate surface area is 110 Å². The molecule has 0 aliphatic carbocycles. The first kappa shape index (κ1) is 13.3. The molecule has 0 saturated carbocycles. The maximum Gasteiger partial charge on any atom is 0.241 e. The van der Waals surface area contributed by atoms with Crippen molar-refractivity contribution in [2.24, 2.45) is 0 Å². The van der Waals surface area contributed by atoms with E-state index < -0.39 is 9.84 Å². The third kappa shape index (κ3) is 3.20. The van der Waals surface area contributed by atoms with Crippen molar-refractivity contribution in [1.29, 1.82) is 0 Å². The van der Waals surface area contributed by atoms with Gasteiger partial charge in [0.15, 0.2) is 15.0 Å². The number of hydrogen-bond acceptors (Lipinski definition) is 6. The van der Waals surface area contributed by atoms with E-state index in [0.29, 0.717) is 11.6 Å². The van der Waals surface area contributed by atoms with Crippen LogP contribution >= 0.6 is 11.3 Å². The molecule has 8 heteroatoms. The standard InChI is InChI=1S/C10H15N3O3S2/c1-13(8-2-5-18(15,16)7-8)9(14)6-12-10-11-3-4-17-10/h3-4,8H,2,5-7H2,1H3,(H,11,12). The van der Waals surface area contributed by atoms with Crippen LogP contribution in [0.2, 0.25) is 0 Å². The Hall–Kier alpha value is -1.15. The van der Waals surface area contributed by atoms with Crippen LogP contribution in [0.3, 0.4) is 0 Å². The van der Waals surface area contributed by atoms with Crippen LogP contribution in [0.15, 0.2) is 11.6 Å². The molecule has 0 aromatic carbocycles. The van der Waals surface area contributed by atoms with Crippen molar-refractivity contribution in [2.45, 2.75) is 12.5 Å². The molecule has 1 saturated heterocycles. The molecule has 6 nitrogen and oxygen atoms in total. The number of nitrogens with one attached hydrogen (secondary N) is 1. The monoisotopic (exact) mass is 289 g/mol. The molecule has 1 N–H and O–H groups in total. The van der Waals surface area contributed by atoms with Gasteiger partial charge in [-0.2, -0.15) is 0 Å². The molecule has 18 heavy (non-hydrogen) atoms. The summed E-state index contributed by atoms with van der Waals surface area (Å²) in [5.41, 5.74) is 0. The van der Waals surface area contributed by atoms with Crippen molar-refractivity contribution < 1.29 is 13.2 Å². The lowest BCUT2D eigenvalue weighted by Gasteiger charge is -2.23. The summed E-state index contributed by atoms with van der Waals surface area (Å²) >= 11 is 1.42. The fraction of sp³-hybridized carbons (Fsp3) is 0.600. The van der Waals surface area contributed by atoms with Crippen molar-refractivity contribution in [3.05, 3.63) is 11.6 Å². The van der Waals surface area contributed by atoms with Gasteiger partial charge in [0.05, 0.1) is 18.1 Å². The van der Waals surface area contributed by atoms with Crippen molar-refractivity contribution in [3.8, 4) is 0 Å². The highest BCUT2D eigenvalue weighted by Gasteiger charge is 2.32. The van der Waals surface area contributed by atoms with Crippen molar-refractivity contribution in [1.82, 2.24) is 9.88 Å². The molecule has 0 bridgehead atoms. The van der Waals surface area contributed by atoms with Gasteiger partial charge in [0.25, 0.3) is 0 Å². The van der Waals surface area contributed by atoms with Gasteiger partial charge in [-0.05, 0) is 6.42 Å². The number of thiazole rings is 1. The summed E-state index contributed by atoms with van der Waals surface area (Å²) in [7, 11) is -1.31. The van der Waals surface area contributed by atoms with E-state index in [-0.39, 0.29) is 30.0 Å². The van der Waals surface area contributed by atoms with E-state index in [2.05, 4.69) is 10.3 Å². The number of sulfone groups is 1. The Kier molecular flexibility index (Phi) is 3.86. The summed E-state index contributed by atoms with van der Waals surface area (Å²) in [6.07, 6.45) is 2.19. The zero-order chi connectivity index (χ0) is 13.2. The highest BCUT2D eigenvalue weighted by atomic mass is 32.2. The molecule has 2 heterocycles. The summed E-state index contributed by atoms with van der Waals surface area (Å²) in [4.78, 5) is 17.4. The predicted octanol–water partition coefficient (Wildman–Crippen LogP) is 0.200. The van der Waals surface area contributed by atoms with Gasteiger partial charge in [-0.1, -0.05) is 0 Å². The number of carbonyl (C=O) groups is 1. The normalized spacial score (nSPS) is 21.7. The number of aromatic nitrogens is 1. The third-order valence-corrected chi connectivity index (χ3v) is 5.45. The van der Waals surface area contributed by atoms with Crippen LogP contribution in [0.1, 0.15) is 6.42 Å². The SMILES string of the molecule is CN(C(=O)CNc1nccs1)C1CCS(=O)(=O)C1. The number of hydrogen-bond donors (Lipinski definition) is 1. The number of nitrogens with zero attached hydrogens (tertiary/aromatic N) is 2. The highest BCUT2D eigenvalue weighted by Crippen LogP contribution is 2.17. The number of amides is 1. The summed E-state index contributed by atoms with van der Waals surface area (Å²) in [6.45, 7) is 0.139. The Bertz CT molecular complexity index is 512. The summed E-state index contributed by atoms with van der Waals surface area (Å²) in [5, 5.41) is 5.43. The molecule has 1 aromatic rings. The lowest BCUT2D eigenvalue weighted by Crippen LogP contribution is -2.40. The number of likely N-dealkylation sites (N-methyl/N-ethyl adjacent to an activating group) is 1. The topological polar surface area (TPSA) is 79.4 Å². The molecular weight excluding hydrogens is 274 g/mol. The minimum Gasteiger partial charge on any atom is -0.352 e. The smallest absolute Gasteiger partial charge is 0.241 e. The summed E-state index contributed by atoms with van der Waals surface area (Å²) in [5.74, 6) is 0.133. The maximum atomic E-state index is 11.9. The first-order valence-corrected chi connectivity index (χ1v) is 8.27. The fourth-order valence-corrected chi connectivity index (χ4v) is 4.17. The van der Waals surface area contributed by atoms with E-state index in [4.69, 9.17) is 0 Å². The van der Waals surface area contributed by atoms with Gasteiger partial charge < -0.3 is 10.2 Å². The Morgan fingerprint density at radius 1 is 1.67 bits per heavy atom. The summed E-state index contributed by atoms with van der Waals surface area (Å²) in [6, 6.07) is -0.194. The van der Waals surface area contributed by atoms with Gasteiger partial charge in [-0.25, -0.2) is 13.4 Å². The molecular formula is C10H15N3O3S2. The molecule has 2 rings (SSSR count). The van der Waals surface area contributed by atoms with E-state index in [1.165, 1.54) is 16.2 Å². The Balaban J connectivity index is 1.85. The second kappa shape index (κ2) is 5.23. The van der Waals surface area contributed by atoms with Gasteiger partial charge in [0, 0.05) is 24.7 Å². The van der Waals surface area contributed by atoms with Crippen LogP contribution < -0.4 is 5.32 Å². The summed E-state index contributed by atoms with van der Waals surface area (Å²) < 4.78 is 22.7. The molecule has 1 fully saturated rings. The first-order chi connectivity index (χ1) is 8.48. The largest absolute Gasteiger partial charge is 0.352 e. The second-order valence-corrected chi connectivity index (χ2v) is 7.38. The second-order valence-electron chi connectivity index (χ2n) is 4.25. The Morgan fingerprint density at radius 2 is 2.44 bits per heavy atom. The van der Waals surface area contributed by atoms with Crippen LogP contribution in [0.5, 0.6) is 0 Å². The van der Waals surface area contributed by atoms with Gasteiger partial charge in [-0.3, -0.25) is 4.79 Å². The molecule has 1 aliphatic rings. The molecule has 1 aromatic heterocycles. The molecule has 1 atom stereocenters. The van der Waals surface area contributed by atoms with E-state index in [0.717, 1.165) is 0 Å². The molecule has 1 unspecified atom stereocenters. The minimum atomic E-state index is -2.96. The van der Waals surface area contributed by atoms with Crippen LogP contribution in [0.25, 0.3) is 0 Å². The van der Waals surface area contributed by atoms with E-state index in [9.17, 15) is 13.2 Å². The fourth-order valence-electron chi connectivity index (χ4n) is 1.87. The zero-order valence-corrected chi connectivity index (χ0v) is 11.6.